The van der Waals surface area contributed by atoms with E-state index in [0.717, 1.165) is 5.56 Å². The van der Waals surface area contributed by atoms with E-state index in [2.05, 4.69) is 15.1 Å². The molecular formula is C10H8ClN5O. The average molecular weight is 250 g/mol. The normalized spacial score (nSPS) is 11.2. The summed E-state index contributed by atoms with van der Waals surface area (Å²) in [5, 5.41) is 4.55. The minimum Gasteiger partial charge on any atom is -0.461 e. The highest BCUT2D eigenvalue weighted by Gasteiger charge is 2.14. The largest absolute Gasteiger partial charge is 0.461 e. The Morgan fingerprint density at radius 1 is 1.41 bits per heavy atom. The van der Waals surface area contributed by atoms with Crippen molar-refractivity contribution in [2.45, 2.75) is 6.92 Å². The van der Waals surface area contributed by atoms with E-state index in [1.807, 2.05) is 6.92 Å². The molecule has 2 N–H and O–H groups in total. The smallest absolute Gasteiger partial charge is 0.224 e. The number of furan rings is 1. The molecule has 17 heavy (non-hydrogen) atoms. The van der Waals surface area contributed by atoms with E-state index < -0.39 is 0 Å². The van der Waals surface area contributed by atoms with Crippen LogP contribution in [0.3, 0.4) is 0 Å². The first kappa shape index (κ1) is 10.1. The number of aromatic nitrogens is 4. The van der Waals surface area contributed by atoms with Crippen molar-refractivity contribution >= 4 is 23.2 Å². The lowest BCUT2D eigenvalue weighted by atomic mass is 10.4. The van der Waals surface area contributed by atoms with Gasteiger partial charge in [0.15, 0.2) is 11.4 Å². The predicted molar refractivity (Wildman–Crippen MR) is 62.6 cm³/mol. The molecule has 0 aliphatic carbocycles. The van der Waals surface area contributed by atoms with Crippen molar-refractivity contribution in [1.29, 1.82) is 0 Å². The molecule has 3 aromatic rings. The minimum atomic E-state index is 0.195. The van der Waals surface area contributed by atoms with E-state index in [1.54, 1.807) is 18.4 Å². The summed E-state index contributed by atoms with van der Waals surface area (Å²) in [4.78, 5) is 8.30. The van der Waals surface area contributed by atoms with Crippen LogP contribution < -0.4 is 5.73 Å². The predicted octanol–water partition coefficient (Wildman–Crippen LogP) is 1.93. The molecule has 7 heteroatoms. The van der Waals surface area contributed by atoms with Crippen molar-refractivity contribution in [1.82, 2.24) is 19.6 Å². The Labute approximate surface area is 101 Å². The van der Waals surface area contributed by atoms with Crippen LogP contribution in [0.4, 0.5) is 5.95 Å². The summed E-state index contributed by atoms with van der Waals surface area (Å²) in [7, 11) is 0. The fourth-order valence-electron chi connectivity index (χ4n) is 1.55. The number of anilines is 1. The zero-order valence-electron chi connectivity index (χ0n) is 8.88. The van der Waals surface area contributed by atoms with Gasteiger partial charge in [-0.1, -0.05) is 11.6 Å². The molecule has 0 radical (unpaired) electrons. The van der Waals surface area contributed by atoms with Gasteiger partial charge in [0.2, 0.25) is 11.8 Å². The van der Waals surface area contributed by atoms with Gasteiger partial charge in [0, 0.05) is 5.56 Å². The number of nitrogens with two attached hydrogens (primary N) is 1. The van der Waals surface area contributed by atoms with E-state index in [4.69, 9.17) is 21.8 Å². The van der Waals surface area contributed by atoms with Crippen LogP contribution in [0.2, 0.25) is 5.15 Å². The summed E-state index contributed by atoms with van der Waals surface area (Å²) < 4.78 is 6.67. The second-order valence-corrected chi connectivity index (χ2v) is 3.89. The van der Waals surface area contributed by atoms with Gasteiger partial charge in [-0.3, -0.25) is 0 Å². The van der Waals surface area contributed by atoms with Gasteiger partial charge < -0.3 is 10.2 Å². The van der Waals surface area contributed by atoms with Crippen molar-refractivity contribution in [3.8, 4) is 11.6 Å². The SMILES string of the molecule is Cc1c(Cl)nc(N)n2nc(-c3ccco3)nc12. The summed E-state index contributed by atoms with van der Waals surface area (Å²) in [6.45, 7) is 1.81. The van der Waals surface area contributed by atoms with E-state index in [1.165, 1.54) is 4.52 Å². The van der Waals surface area contributed by atoms with Crippen molar-refractivity contribution < 1.29 is 4.42 Å². The Balaban J connectivity index is 2.33. The molecule has 0 aromatic carbocycles. The molecule has 3 aromatic heterocycles. The molecule has 0 aliphatic heterocycles. The molecule has 0 saturated heterocycles. The molecule has 3 rings (SSSR count). The van der Waals surface area contributed by atoms with Crippen LogP contribution in [0.15, 0.2) is 22.8 Å². The Bertz CT molecular complexity index is 688. The molecule has 0 atom stereocenters. The van der Waals surface area contributed by atoms with E-state index >= 15 is 0 Å². The van der Waals surface area contributed by atoms with E-state index in [-0.39, 0.29) is 5.95 Å². The fraction of sp³-hybridized carbons (Fsp3) is 0.100. The van der Waals surface area contributed by atoms with Crippen LogP contribution in [0.25, 0.3) is 17.2 Å². The lowest BCUT2D eigenvalue weighted by molar-refractivity contribution is 0.577. The van der Waals surface area contributed by atoms with Gasteiger partial charge in [-0.05, 0) is 19.1 Å². The fourth-order valence-corrected chi connectivity index (χ4v) is 1.72. The summed E-state index contributed by atoms with van der Waals surface area (Å²) in [6, 6.07) is 3.54. The van der Waals surface area contributed by atoms with E-state index in [9.17, 15) is 0 Å². The van der Waals surface area contributed by atoms with Gasteiger partial charge in [-0.2, -0.15) is 4.52 Å². The Morgan fingerprint density at radius 2 is 2.24 bits per heavy atom. The highest BCUT2D eigenvalue weighted by Crippen LogP contribution is 2.22. The zero-order valence-corrected chi connectivity index (χ0v) is 9.64. The lowest BCUT2D eigenvalue weighted by Gasteiger charge is -2.00. The van der Waals surface area contributed by atoms with Crippen LogP contribution in [0, 0.1) is 6.92 Å². The van der Waals surface area contributed by atoms with Crippen molar-refractivity contribution in [2.24, 2.45) is 0 Å². The van der Waals surface area contributed by atoms with Gasteiger partial charge in [0.25, 0.3) is 0 Å². The molecule has 6 nitrogen and oxygen atoms in total. The first-order valence-electron chi connectivity index (χ1n) is 4.89. The second-order valence-electron chi connectivity index (χ2n) is 3.53. The molecule has 0 saturated carbocycles. The highest BCUT2D eigenvalue weighted by molar-refractivity contribution is 6.30. The zero-order chi connectivity index (χ0) is 12.0. The molecule has 0 spiro atoms. The molecule has 86 valence electrons. The summed E-state index contributed by atoms with van der Waals surface area (Å²) in [6.07, 6.45) is 1.56. The van der Waals surface area contributed by atoms with E-state index in [0.29, 0.717) is 22.4 Å². The standard InChI is InChI=1S/C10H8ClN5O/c1-5-7(11)13-10(12)16-9(5)14-8(15-16)6-3-2-4-17-6/h2-4H,1H3,(H2,12,13). The first-order chi connectivity index (χ1) is 8.16. The van der Waals surface area contributed by atoms with Crippen LogP contribution in [0.1, 0.15) is 5.56 Å². The van der Waals surface area contributed by atoms with Gasteiger partial charge in [-0.15, -0.1) is 5.10 Å². The third kappa shape index (κ3) is 1.45. The minimum absolute atomic E-state index is 0.195. The molecule has 3 heterocycles. The molecule has 0 unspecified atom stereocenters. The van der Waals surface area contributed by atoms with Gasteiger partial charge in [0.1, 0.15) is 5.15 Å². The van der Waals surface area contributed by atoms with Crippen LogP contribution in [0.5, 0.6) is 0 Å². The summed E-state index contributed by atoms with van der Waals surface area (Å²) in [5.41, 5.74) is 7.03. The number of nitrogens with zero attached hydrogens (tertiary/aromatic N) is 4. The molecule has 0 aliphatic rings. The van der Waals surface area contributed by atoms with Crippen LogP contribution in [-0.2, 0) is 0 Å². The topological polar surface area (TPSA) is 82.2 Å². The van der Waals surface area contributed by atoms with Gasteiger partial charge >= 0.3 is 0 Å². The van der Waals surface area contributed by atoms with Crippen LogP contribution in [-0.4, -0.2) is 19.6 Å². The number of aryl methyl sites for hydroxylation is 1. The second kappa shape index (κ2) is 3.46. The Hall–Kier alpha value is -2.08. The van der Waals surface area contributed by atoms with Crippen molar-refractivity contribution in [3.05, 3.63) is 29.1 Å². The quantitative estimate of drug-likeness (QED) is 0.667. The summed E-state index contributed by atoms with van der Waals surface area (Å²) in [5.74, 6) is 1.22. The number of nitrogen functional groups attached to an aromatic ring is 1. The maximum atomic E-state index is 5.93. The highest BCUT2D eigenvalue weighted by atomic mass is 35.5. The maximum absolute atomic E-state index is 5.93. The van der Waals surface area contributed by atoms with Gasteiger partial charge in [-0.25, -0.2) is 9.97 Å². The molecule has 0 bridgehead atoms. The Morgan fingerprint density at radius 3 is 2.94 bits per heavy atom. The number of rotatable bonds is 1. The summed E-state index contributed by atoms with van der Waals surface area (Å²) >= 11 is 5.93. The average Bonchev–Trinajstić information content (AvgIpc) is 2.94. The first-order valence-corrected chi connectivity index (χ1v) is 5.27. The number of fused-ring (bicyclic) bond motifs is 1. The van der Waals surface area contributed by atoms with Crippen molar-refractivity contribution in [2.75, 3.05) is 5.73 Å². The molecule has 0 fully saturated rings. The number of hydrogen-bond donors (Lipinski definition) is 1. The molecule has 0 amide bonds. The lowest BCUT2D eigenvalue weighted by Crippen LogP contribution is -2.03. The Kier molecular flexibility index (Phi) is 2.05. The van der Waals surface area contributed by atoms with Gasteiger partial charge in [0.05, 0.1) is 6.26 Å². The number of hydrogen-bond acceptors (Lipinski definition) is 5. The monoisotopic (exact) mass is 249 g/mol. The molecular weight excluding hydrogens is 242 g/mol. The number of halogens is 1. The third-order valence-corrected chi connectivity index (χ3v) is 2.79. The van der Waals surface area contributed by atoms with Crippen LogP contribution >= 0.6 is 11.6 Å². The third-order valence-electron chi connectivity index (χ3n) is 2.42. The maximum Gasteiger partial charge on any atom is 0.224 e. The van der Waals surface area contributed by atoms with Crippen molar-refractivity contribution in [3.63, 3.8) is 0 Å².